The first-order valence-electron chi connectivity index (χ1n) is 6.21. The largest absolute Gasteiger partial charge is 0.309 e. The van der Waals surface area contributed by atoms with E-state index in [-0.39, 0.29) is 5.54 Å². The number of hydrogen-bond acceptors (Lipinski definition) is 4. The summed E-state index contributed by atoms with van der Waals surface area (Å²) >= 11 is 1.68. The SMILES string of the molecule is Cc1nc2sccn2c1CNCC(C)(C)N(C)C. The Morgan fingerprint density at radius 1 is 1.44 bits per heavy atom. The fraction of sp³-hybridized carbons (Fsp3) is 0.615. The van der Waals surface area contributed by atoms with Crippen LogP contribution in [0, 0.1) is 6.92 Å². The normalized spacial score (nSPS) is 12.8. The first-order valence-corrected chi connectivity index (χ1v) is 7.09. The number of fused-ring (bicyclic) bond motifs is 1. The van der Waals surface area contributed by atoms with Crippen LogP contribution in [0.15, 0.2) is 11.6 Å². The maximum absolute atomic E-state index is 4.55. The molecular formula is C13H22N4S. The Labute approximate surface area is 113 Å². The Morgan fingerprint density at radius 3 is 2.83 bits per heavy atom. The number of nitrogens with zero attached hydrogens (tertiary/aromatic N) is 3. The van der Waals surface area contributed by atoms with Gasteiger partial charge in [-0.15, -0.1) is 11.3 Å². The summed E-state index contributed by atoms with van der Waals surface area (Å²) in [6.45, 7) is 8.37. The smallest absolute Gasteiger partial charge is 0.194 e. The third-order valence-electron chi connectivity index (χ3n) is 3.62. The third kappa shape index (κ3) is 2.58. The average Bonchev–Trinajstić information content (AvgIpc) is 2.81. The molecule has 0 fully saturated rings. The van der Waals surface area contributed by atoms with Gasteiger partial charge in [-0.3, -0.25) is 4.40 Å². The van der Waals surface area contributed by atoms with Crippen molar-refractivity contribution >= 4 is 16.3 Å². The van der Waals surface area contributed by atoms with Gasteiger partial charge in [-0.2, -0.15) is 0 Å². The standard InChI is InChI=1S/C13H22N4S/c1-10-11(17-6-7-18-12(17)15-10)8-14-9-13(2,3)16(4)5/h6-7,14H,8-9H2,1-5H3. The first-order chi connectivity index (χ1) is 8.42. The molecule has 2 aromatic rings. The monoisotopic (exact) mass is 266 g/mol. The molecule has 4 nitrogen and oxygen atoms in total. The molecular weight excluding hydrogens is 244 g/mol. The van der Waals surface area contributed by atoms with Gasteiger partial charge in [-0.05, 0) is 34.9 Å². The van der Waals surface area contributed by atoms with E-state index in [1.165, 1.54) is 5.69 Å². The van der Waals surface area contributed by atoms with Crippen LogP contribution < -0.4 is 5.32 Å². The van der Waals surface area contributed by atoms with Crippen molar-refractivity contribution in [1.82, 2.24) is 19.6 Å². The summed E-state index contributed by atoms with van der Waals surface area (Å²) in [5.74, 6) is 0. The summed E-state index contributed by atoms with van der Waals surface area (Å²) in [7, 11) is 4.23. The van der Waals surface area contributed by atoms with E-state index in [9.17, 15) is 0 Å². The van der Waals surface area contributed by atoms with Gasteiger partial charge < -0.3 is 10.2 Å². The van der Waals surface area contributed by atoms with Crippen molar-refractivity contribution in [3.05, 3.63) is 23.0 Å². The quantitative estimate of drug-likeness (QED) is 0.900. The Bertz CT molecular complexity index is 524. The molecule has 2 heterocycles. The fourth-order valence-electron chi connectivity index (χ4n) is 1.80. The van der Waals surface area contributed by atoms with Gasteiger partial charge >= 0.3 is 0 Å². The number of aryl methyl sites for hydroxylation is 1. The first kappa shape index (κ1) is 13.5. The maximum Gasteiger partial charge on any atom is 0.194 e. The number of aromatic nitrogens is 2. The lowest BCUT2D eigenvalue weighted by molar-refractivity contribution is 0.189. The number of nitrogens with one attached hydrogen (secondary N) is 1. The highest BCUT2D eigenvalue weighted by molar-refractivity contribution is 7.15. The molecule has 0 radical (unpaired) electrons. The molecule has 2 aromatic heterocycles. The van der Waals surface area contributed by atoms with Gasteiger partial charge in [0.25, 0.3) is 0 Å². The minimum absolute atomic E-state index is 0.159. The van der Waals surface area contributed by atoms with Gasteiger partial charge in [0.15, 0.2) is 4.96 Å². The molecule has 0 saturated heterocycles. The number of rotatable bonds is 5. The van der Waals surface area contributed by atoms with Crippen LogP contribution in [0.4, 0.5) is 0 Å². The van der Waals surface area contributed by atoms with Crippen molar-refractivity contribution < 1.29 is 0 Å². The van der Waals surface area contributed by atoms with Crippen LogP contribution in [0.25, 0.3) is 4.96 Å². The van der Waals surface area contributed by atoms with Crippen LogP contribution in [0.3, 0.4) is 0 Å². The lowest BCUT2D eigenvalue weighted by Gasteiger charge is -2.32. The molecule has 2 rings (SSSR count). The average molecular weight is 266 g/mol. The van der Waals surface area contributed by atoms with Crippen molar-refractivity contribution in [1.29, 1.82) is 0 Å². The second-order valence-corrected chi connectivity index (χ2v) is 6.38. The molecule has 1 N–H and O–H groups in total. The zero-order valence-electron chi connectivity index (χ0n) is 11.8. The molecule has 0 aliphatic rings. The summed E-state index contributed by atoms with van der Waals surface area (Å²) in [6.07, 6.45) is 2.09. The second kappa shape index (κ2) is 4.99. The fourth-order valence-corrected chi connectivity index (χ4v) is 2.58. The van der Waals surface area contributed by atoms with Gasteiger partial charge in [-0.1, -0.05) is 0 Å². The zero-order chi connectivity index (χ0) is 13.3. The van der Waals surface area contributed by atoms with Crippen molar-refractivity contribution in [3.8, 4) is 0 Å². The van der Waals surface area contributed by atoms with Crippen molar-refractivity contribution in [2.75, 3.05) is 20.6 Å². The van der Waals surface area contributed by atoms with E-state index in [1.54, 1.807) is 11.3 Å². The van der Waals surface area contributed by atoms with E-state index >= 15 is 0 Å². The van der Waals surface area contributed by atoms with Crippen LogP contribution in [0.2, 0.25) is 0 Å². The minimum Gasteiger partial charge on any atom is -0.309 e. The Kier molecular flexibility index (Phi) is 3.75. The van der Waals surface area contributed by atoms with E-state index < -0.39 is 0 Å². The summed E-state index contributed by atoms with van der Waals surface area (Å²) < 4.78 is 2.18. The van der Waals surface area contributed by atoms with E-state index in [4.69, 9.17) is 0 Å². The van der Waals surface area contributed by atoms with E-state index in [1.807, 2.05) is 0 Å². The summed E-state index contributed by atoms with van der Waals surface area (Å²) in [4.78, 5) is 7.87. The highest BCUT2D eigenvalue weighted by atomic mass is 32.1. The molecule has 0 atom stereocenters. The summed E-state index contributed by atoms with van der Waals surface area (Å²) in [5.41, 5.74) is 2.55. The topological polar surface area (TPSA) is 32.6 Å². The van der Waals surface area contributed by atoms with Gasteiger partial charge in [0.05, 0.1) is 11.4 Å². The number of hydrogen-bond donors (Lipinski definition) is 1. The van der Waals surface area contributed by atoms with Crippen molar-refractivity contribution in [2.24, 2.45) is 0 Å². The third-order valence-corrected chi connectivity index (χ3v) is 4.38. The lowest BCUT2D eigenvalue weighted by atomic mass is 10.0. The molecule has 0 bridgehead atoms. The second-order valence-electron chi connectivity index (χ2n) is 5.51. The Morgan fingerprint density at radius 2 is 2.17 bits per heavy atom. The number of likely N-dealkylation sites (N-methyl/N-ethyl adjacent to an activating group) is 1. The van der Waals surface area contributed by atoms with Gasteiger partial charge in [0.2, 0.25) is 0 Å². The molecule has 0 unspecified atom stereocenters. The molecule has 0 aromatic carbocycles. The summed E-state index contributed by atoms with van der Waals surface area (Å²) in [5, 5.41) is 5.61. The molecule has 0 amide bonds. The highest BCUT2D eigenvalue weighted by Gasteiger charge is 2.20. The van der Waals surface area contributed by atoms with Crippen LogP contribution in [0.1, 0.15) is 25.2 Å². The lowest BCUT2D eigenvalue weighted by Crippen LogP contribution is -2.46. The number of thiazole rings is 1. The Hall–Kier alpha value is -0.910. The molecule has 18 heavy (non-hydrogen) atoms. The van der Waals surface area contributed by atoms with Crippen LogP contribution in [-0.2, 0) is 6.54 Å². The minimum atomic E-state index is 0.159. The number of imidazole rings is 1. The van der Waals surface area contributed by atoms with Gasteiger partial charge in [0, 0.05) is 30.2 Å². The maximum atomic E-state index is 4.55. The van der Waals surface area contributed by atoms with E-state index in [0.29, 0.717) is 0 Å². The predicted molar refractivity (Wildman–Crippen MR) is 77.3 cm³/mol. The summed E-state index contributed by atoms with van der Waals surface area (Å²) in [6, 6.07) is 0. The van der Waals surface area contributed by atoms with Gasteiger partial charge in [-0.25, -0.2) is 4.98 Å². The van der Waals surface area contributed by atoms with Crippen LogP contribution in [-0.4, -0.2) is 40.5 Å². The zero-order valence-corrected chi connectivity index (χ0v) is 12.6. The predicted octanol–water partition coefficient (Wildman–Crippen LogP) is 2.13. The van der Waals surface area contributed by atoms with Crippen LogP contribution >= 0.6 is 11.3 Å². The van der Waals surface area contributed by atoms with Gasteiger partial charge in [0.1, 0.15) is 0 Å². The van der Waals surface area contributed by atoms with E-state index in [0.717, 1.165) is 23.7 Å². The molecule has 0 spiro atoms. The highest BCUT2D eigenvalue weighted by Crippen LogP contribution is 2.17. The van der Waals surface area contributed by atoms with Crippen molar-refractivity contribution in [2.45, 2.75) is 32.9 Å². The molecule has 0 aliphatic heterocycles. The van der Waals surface area contributed by atoms with Crippen molar-refractivity contribution in [3.63, 3.8) is 0 Å². The Balaban J connectivity index is 2.02. The molecule has 0 saturated carbocycles. The van der Waals surface area contributed by atoms with Crippen LogP contribution in [0.5, 0.6) is 0 Å². The van der Waals surface area contributed by atoms with E-state index in [2.05, 4.69) is 66.0 Å². The molecule has 0 aliphatic carbocycles. The molecule has 100 valence electrons. The molecule has 5 heteroatoms.